The van der Waals surface area contributed by atoms with Gasteiger partial charge >= 0.3 is 5.97 Å². The molecule has 0 amide bonds. The van der Waals surface area contributed by atoms with E-state index in [1.165, 1.54) is 0 Å². The van der Waals surface area contributed by atoms with Gasteiger partial charge in [-0.15, -0.1) is 0 Å². The molecule has 0 aromatic heterocycles. The number of carbonyl (C=O) groups excluding carboxylic acids is 1. The maximum absolute atomic E-state index is 11.4. The van der Waals surface area contributed by atoms with Gasteiger partial charge in [0.25, 0.3) is 0 Å². The molecule has 0 rings (SSSR count). The Hall–Kier alpha value is -0.790. The van der Waals surface area contributed by atoms with E-state index < -0.39 is 0 Å². The van der Waals surface area contributed by atoms with Crippen molar-refractivity contribution in [2.75, 3.05) is 0 Å². The SMILES string of the molecule is C=C(C)C(=O)OC(C)C(CCC)C(C)C. The Kier molecular flexibility index (Phi) is 6.30. The minimum absolute atomic E-state index is 0.0193. The van der Waals surface area contributed by atoms with Crippen molar-refractivity contribution in [3.8, 4) is 0 Å². The van der Waals surface area contributed by atoms with Crippen LogP contribution in [0, 0.1) is 11.8 Å². The van der Waals surface area contributed by atoms with Crippen LogP contribution in [0.15, 0.2) is 12.2 Å². The molecule has 0 radical (unpaired) electrons. The van der Waals surface area contributed by atoms with Gasteiger partial charge < -0.3 is 4.74 Å². The maximum Gasteiger partial charge on any atom is 0.333 e. The number of rotatable bonds is 6. The smallest absolute Gasteiger partial charge is 0.333 e. The van der Waals surface area contributed by atoms with Crippen molar-refractivity contribution in [2.45, 2.75) is 53.6 Å². The number of ether oxygens (including phenoxy) is 1. The van der Waals surface area contributed by atoms with Gasteiger partial charge in [-0.25, -0.2) is 4.79 Å². The average molecular weight is 212 g/mol. The highest BCUT2D eigenvalue weighted by molar-refractivity contribution is 5.87. The summed E-state index contributed by atoms with van der Waals surface area (Å²) in [5.41, 5.74) is 0.473. The van der Waals surface area contributed by atoms with E-state index in [9.17, 15) is 4.79 Å². The molecule has 0 saturated heterocycles. The zero-order valence-corrected chi connectivity index (χ0v) is 10.7. The van der Waals surface area contributed by atoms with E-state index in [1.54, 1.807) is 6.92 Å². The summed E-state index contributed by atoms with van der Waals surface area (Å²) >= 11 is 0. The zero-order chi connectivity index (χ0) is 12.0. The number of esters is 1. The molecule has 2 unspecified atom stereocenters. The zero-order valence-electron chi connectivity index (χ0n) is 10.7. The molecule has 2 heteroatoms. The highest BCUT2D eigenvalue weighted by Gasteiger charge is 2.23. The molecule has 0 spiro atoms. The summed E-state index contributed by atoms with van der Waals surface area (Å²) in [6, 6.07) is 0. The van der Waals surface area contributed by atoms with Crippen LogP contribution in [-0.2, 0) is 9.53 Å². The van der Waals surface area contributed by atoms with E-state index in [0.717, 1.165) is 12.8 Å². The second kappa shape index (κ2) is 6.65. The van der Waals surface area contributed by atoms with Crippen molar-refractivity contribution in [2.24, 2.45) is 11.8 Å². The molecular formula is C13H24O2. The number of hydrogen-bond acceptors (Lipinski definition) is 2. The van der Waals surface area contributed by atoms with Crippen LogP contribution in [0.3, 0.4) is 0 Å². The van der Waals surface area contributed by atoms with Crippen molar-refractivity contribution in [3.05, 3.63) is 12.2 Å². The van der Waals surface area contributed by atoms with Crippen LogP contribution in [0.2, 0.25) is 0 Å². The van der Waals surface area contributed by atoms with Gasteiger partial charge in [0.2, 0.25) is 0 Å². The summed E-state index contributed by atoms with van der Waals surface area (Å²) in [6.07, 6.45) is 2.20. The fraction of sp³-hybridized carbons (Fsp3) is 0.769. The molecule has 0 saturated carbocycles. The fourth-order valence-electron chi connectivity index (χ4n) is 1.80. The molecule has 15 heavy (non-hydrogen) atoms. The molecule has 0 fully saturated rings. The standard InChI is InChI=1S/C13H24O2/c1-7-8-12(9(2)3)11(6)15-13(14)10(4)5/h9,11-12H,4,7-8H2,1-3,5-6H3. The Bertz CT molecular complexity index is 219. The van der Waals surface area contributed by atoms with Crippen LogP contribution in [0.1, 0.15) is 47.5 Å². The van der Waals surface area contributed by atoms with E-state index in [-0.39, 0.29) is 12.1 Å². The topological polar surface area (TPSA) is 26.3 Å². The van der Waals surface area contributed by atoms with Gasteiger partial charge in [-0.05, 0) is 32.1 Å². The molecule has 0 bridgehead atoms. The van der Waals surface area contributed by atoms with E-state index in [1.807, 2.05) is 6.92 Å². The molecule has 0 aromatic rings. The Balaban J connectivity index is 4.31. The quantitative estimate of drug-likeness (QED) is 0.497. The monoisotopic (exact) mass is 212 g/mol. The van der Waals surface area contributed by atoms with Gasteiger partial charge in [0.1, 0.15) is 6.10 Å². The Labute approximate surface area is 93.7 Å². The third-order valence-corrected chi connectivity index (χ3v) is 2.72. The Morgan fingerprint density at radius 2 is 1.87 bits per heavy atom. The molecule has 2 atom stereocenters. The summed E-state index contributed by atoms with van der Waals surface area (Å²) in [5, 5.41) is 0. The minimum atomic E-state index is -0.274. The lowest BCUT2D eigenvalue weighted by Gasteiger charge is -2.27. The van der Waals surface area contributed by atoms with Gasteiger partial charge in [0, 0.05) is 5.57 Å². The minimum Gasteiger partial charge on any atom is -0.459 e. The molecule has 2 nitrogen and oxygen atoms in total. The average Bonchev–Trinajstić information content (AvgIpc) is 2.12. The van der Waals surface area contributed by atoms with E-state index >= 15 is 0 Å². The molecular weight excluding hydrogens is 188 g/mol. The third-order valence-electron chi connectivity index (χ3n) is 2.72. The third kappa shape index (κ3) is 5.01. The first kappa shape index (κ1) is 14.2. The Morgan fingerprint density at radius 3 is 2.20 bits per heavy atom. The first-order valence-electron chi connectivity index (χ1n) is 5.76. The van der Waals surface area contributed by atoms with Crippen LogP contribution in [-0.4, -0.2) is 12.1 Å². The van der Waals surface area contributed by atoms with E-state index in [4.69, 9.17) is 4.74 Å². The maximum atomic E-state index is 11.4. The van der Waals surface area contributed by atoms with Crippen LogP contribution >= 0.6 is 0 Å². The predicted molar refractivity (Wildman–Crippen MR) is 63.6 cm³/mol. The van der Waals surface area contributed by atoms with E-state index in [2.05, 4.69) is 27.4 Å². The first-order chi connectivity index (χ1) is 6.90. The summed E-state index contributed by atoms with van der Waals surface area (Å²) in [5.74, 6) is 0.709. The lowest BCUT2D eigenvalue weighted by molar-refractivity contribution is -0.146. The van der Waals surface area contributed by atoms with E-state index in [0.29, 0.717) is 17.4 Å². The molecule has 0 aliphatic heterocycles. The van der Waals surface area contributed by atoms with Gasteiger partial charge in [-0.1, -0.05) is 33.8 Å². The molecule has 88 valence electrons. The predicted octanol–water partition coefficient (Wildman–Crippen LogP) is 3.57. The summed E-state index contributed by atoms with van der Waals surface area (Å²) in [6.45, 7) is 13.7. The summed E-state index contributed by atoms with van der Waals surface area (Å²) in [4.78, 5) is 11.4. The van der Waals surface area contributed by atoms with Gasteiger partial charge in [-0.3, -0.25) is 0 Å². The lowest BCUT2D eigenvalue weighted by atomic mass is 9.87. The van der Waals surface area contributed by atoms with Crippen LogP contribution < -0.4 is 0 Å². The normalized spacial score (nSPS) is 14.8. The highest BCUT2D eigenvalue weighted by Crippen LogP contribution is 2.23. The van der Waals surface area contributed by atoms with Crippen molar-refractivity contribution >= 4 is 5.97 Å². The van der Waals surface area contributed by atoms with Gasteiger partial charge in [0.15, 0.2) is 0 Å². The first-order valence-corrected chi connectivity index (χ1v) is 5.76. The van der Waals surface area contributed by atoms with Gasteiger partial charge in [-0.2, -0.15) is 0 Å². The van der Waals surface area contributed by atoms with Gasteiger partial charge in [0.05, 0.1) is 0 Å². The lowest BCUT2D eigenvalue weighted by Crippen LogP contribution is -2.28. The molecule has 0 aromatic carbocycles. The highest BCUT2D eigenvalue weighted by atomic mass is 16.5. The summed E-state index contributed by atoms with van der Waals surface area (Å²) in [7, 11) is 0. The van der Waals surface area contributed by atoms with Crippen LogP contribution in [0.5, 0.6) is 0 Å². The second-order valence-corrected chi connectivity index (χ2v) is 4.59. The second-order valence-electron chi connectivity index (χ2n) is 4.59. The summed E-state index contributed by atoms with van der Waals surface area (Å²) < 4.78 is 5.35. The largest absolute Gasteiger partial charge is 0.459 e. The molecule has 0 N–H and O–H groups in total. The Morgan fingerprint density at radius 1 is 1.33 bits per heavy atom. The van der Waals surface area contributed by atoms with Crippen molar-refractivity contribution < 1.29 is 9.53 Å². The van der Waals surface area contributed by atoms with Crippen molar-refractivity contribution in [1.82, 2.24) is 0 Å². The van der Waals surface area contributed by atoms with Crippen molar-refractivity contribution in [1.29, 1.82) is 0 Å². The molecule has 0 heterocycles. The fourth-order valence-corrected chi connectivity index (χ4v) is 1.80. The molecule has 0 aliphatic rings. The van der Waals surface area contributed by atoms with Crippen LogP contribution in [0.4, 0.5) is 0 Å². The molecule has 0 aliphatic carbocycles. The number of carbonyl (C=O) groups is 1. The van der Waals surface area contributed by atoms with Crippen LogP contribution in [0.25, 0.3) is 0 Å². The van der Waals surface area contributed by atoms with Crippen molar-refractivity contribution in [3.63, 3.8) is 0 Å². The number of hydrogen-bond donors (Lipinski definition) is 0.